The van der Waals surface area contributed by atoms with Gasteiger partial charge in [-0.25, -0.2) is 13.1 Å². The fourth-order valence-electron chi connectivity index (χ4n) is 3.06. The first-order chi connectivity index (χ1) is 10.4. The van der Waals surface area contributed by atoms with Crippen LogP contribution in [0.5, 0.6) is 0 Å². The minimum absolute atomic E-state index is 0.269. The van der Waals surface area contributed by atoms with E-state index in [0.717, 1.165) is 38.3 Å². The number of hydrogen-bond acceptors (Lipinski definition) is 4. The van der Waals surface area contributed by atoms with Crippen molar-refractivity contribution < 1.29 is 8.42 Å². The highest BCUT2D eigenvalue weighted by Gasteiger charge is 2.18. The van der Waals surface area contributed by atoms with Crippen LogP contribution in [0.2, 0.25) is 0 Å². The molecule has 1 aromatic heterocycles. The summed E-state index contributed by atoms with van der Waals surface area (Å²) in [6, 6.07) is 2.03. The molecule has 1 N–H and O–H groups in total. The van der Waals surface area contributed by atoms with Crippen molar-refractivity contribution in [1.29, 1.82) is 0 Å². The second kappa shape index (κ2) is 7.57. The molecule has 2 rings (SSSR count). The Hall–Kier alpha value is -0.920. The van der Waals surface area contributed by atoms with Gasteiger partial charge in [-0.05, 0) is 24.8 Å². The summed E-state index contributed by atoms with van der Waals surface area (Å²) in [7, 11) is -3.17. The normalized spacial score (nSPS) is 18.0. The summed E-state index contributed by atoms with van der Waals surface area (Å²) < 4.78 is 26.9. The van der Waals surface area contributed by atoms with Crippen LogP contribution >= 0.6 is 0 Å². The van der Waals surface area contributed by atoms with Crippen molar-refractivity contribution in [1.82, 2.24) is 19.4 Å². The van der Waals surface area contributed by atoms with Crippen LogP contribution in [0.1, 0.15) is 44.5 Å². The van der Waals surface area contributed by atoms with Gasteiger partial charge in [0.15, 0.2) is 0 Å². The fraction of sp³-hybridized carbons (Fsp3) is 0.800. The number of aromatic nitrogens is 2. The molecular formula is C15H28N4O2S. The Morgan fingerprint density at radius 3 is 2.86 bits per heavy atom. The van der Waals surface area contributed by atoms with Crippen molar-refractivity contribution in [3.63, 3.8) is 0 Å². The lowest BCUT2D eigenvalue weighted by Crippen LogP contribution is -2.28. The van der Waals surface area contributed by atoms with Gasteiger partial charge < -0.3 is 0 Å². The maximum absolute atomic E-state index is 11.2. The Morgan fingerprint density at radius 2 is 2.18 bits per heavy atom. The van der Waals surface area contributed by atoms with Crippen LogP contribution < -0.4 is 4.72 Å². The van der Waals surface area contributed by atoms with Crippen molar-refractivity contribution >= 4 is 10.0 Å². The number of sulfonamides is 1. The lowest BCUT2D eigenvalue weighted by molar-refractivity contribution is 0.226. The predicted octanol–water partition coefficient (Wildman–Crippen LogP) is 1.57. The lowest BCUT2D eigenvalue weighted by Gasteiger charge is -2.23. The second-order valence-electron chi connectivity index (χ2n) is 6.43. The first-order valence-electron chi connectivity index (χ1n) is 8.10. The number of nitrogens with zero attached hydrogens (tertiary/aromatic N) is 3. The molecule has 126 valence electrons. The molecule has 6 nitrogen and oxygen atoms in total. The van der Waals surface area contributed by atoms with Crippen LogP contribution in [0.3, 0.4) is 0 Å². The van der Waals surface area contributed by atoms with Gasteiger partial charge in [-0.1, -0.05) is 20.3 Å². The highest BCUT2D eigenvalue weighted by molar-refractivity contribution is 7.88. The molecule has 0 unspecified atom stereocenters. The van der Waals surface area contributed by atoms with Gasteiger partial charge in [0.05, 0.1) is 24.2 Å². The van der Waals surface area contributed by atoms with Crippen LogP contribution in [-0.4, -0.2) is 42.4 Å². The van der Waals surface area contributed by atoms with E-state index in [1.165, 1.54) is 24.8 Å². The van der Waals surface area contributed by atoms with Crippen molar-refractivity contribution in [3.8, 4) is 0 Å². The predicted molar refractivity (Wildman–Crippen MR) is 87.9 cm³/mol. The lowest BCUT2D eigenvalue weighted by atomic mass is 10.1. The summed E-state index contributed by atoms with van der Waals surface area (Å²) in [4.78, 5) is 2.49. The first-order valence-corrected chi connectivity index (χ1v) is 9.99. The van der Waals surface area contributed by atoms with Gasteiger partial charge in [-0.15, -0.1) is 0 Å². The number of aryl methyl sites for hydroxylation is 1. The standard InChI is InChI=1S/C15H28N4O2S/c1-4-6-13(2)11-18-7-5-8-19-15(12-18)9-14(17-19)10-16-22(3,20)21/h9,13,16H,4-8,10-12H2,1-3H3/t13-/m0/s1. The van der Waals surface area contributed by atoms with E-state index in [1.54, 1.807) is 0 Å². The van der Waals surface area contributed by atoms with Crippen LogP contribution in [0, 0.1) is 5.92 Å². The average Bonchev–Trinajstić information content (AvgIpc) is 2.69. The van der Waals surface area contributed by atoms with E-state index in [-0.39, 0.29) is 6.54 Å². The van der Waals surface area contributed by atoms with Gasteiger partial charge in [0.25, 0.3) is 0 Å². The van der Waals surface area contributed by atoms with E-state index < -0.39 is 10.0 Å². The summed E-state index contributed by atoms with van der Waals surface area (Å²) in [5, 5.41) is 4.53. The van der Waals surface area contributed by atoms with E-state index >= 15 is 0 Å². The van der Waals surface area contributed by atoms with Gasteiger partial charge in [0.1, 0.15) is 0 Å². The second-order valence-corrected chi connectivity index (χ2v) is 8.26. The van der Waals surface area contributed by atoms with E-state index in [4.69, 9.17) is 0 Å². The number of rotatable bonds is 7. The van der Waals surface area contributed by atoms with Gasteiger partial charge in [-0.3, -0.25) is 9.58 Å². The molecule has 0 amide bonds. The molecule has 1 aromatic rings. The minimum Gasteiger partial charge on any atom is -0.297 e. The van der Waals surface area contributed by atoms with Gasteiger partial charge in [-0.2, -0.15) is 5.10 Å². The third-order valence-corrected chi connectivity index (χ3v) is 4.68. The molecule has 0 saturated heterocycles. The molecule has 7 heteroatoms. The Bertz CT molecular complexity index is 582. The van der Waals surface area contributed by atoms with Crippen molar-refractivity contribution in [2.45, 2.75) is 52.7 Å². The minimum atomic E-state index is -3.17. The van der Waals surface area contributed by atoms with Gasteiger partial charge in [0.2, 0.25) is 10.0 Å². The molecule has 22 heavy (non-hydrogen) atoms. The summed E-state index contributed by atoms with van der Waals surface area (Å²) >= 11 is 0. The van der Waals surface area contributed by atoms with Gasteiger partial charge >= 0.3 is 0 Å². The molecule has 0 fully saturated rings. The Balaban J connectivity index is 1.99. The Kier molecular flexibility index (Phi) is 6.00. The van der Waals surface area contributed by atoms with Gasteiger partial charge in [0, 0.05) is 26.2 Å². The zero-order valence-corrected chi connectivity index (χ0v) is 14.7. The average molecular weight is 328 g/mol. The molecule has 0 aliphatic carbocycles. The molecular weight excluding hydrogens is 300 g/mol. The molecule has 0 saturated carbocycles. The molecule has 0 bridgehead atoms. The molecule has 1 aliphatic rings. The smallest absolute Gasteiger partial charge is 0.209 e. The quantitative estimate of drug-likeness (QED) is 0.825. The summed E-state index contributed by atoms with van der Waals surface area (Å²) in [5.41, 5.74) is 1.98. The molecule has 2 heterocycles. The Morgan fingerprint density at radius 1 is 1.41 bits per heavy atom. The third-order valence-electron chi connectivity index (χ3n) is 4.01. The molecule has 0 aromatic carbocycles. The summed E-state index contributed by atoms with van der Waals surface area (Å²) in [6.07, 6.45) is 4.75. The highest BCUT2D eigenvalue weighted by atomic mass is 32.2. The molecule has 1 aliphatic heterocycles. The van der Waals surface area contributed by atoms with E-state index in [2.05, 4.69) is 28.6 Å². The van der Waals surface area contributed by atoms with Crippen LogP contribution in [-0.2, 0) is 29.7 Å². The largest absolute Gasteiger partial charge is 0.297 e. The van der Waals surface area contributed by atoms with Crippen molar-refractivity contribution in [2.75, 3.05) is 19.3 Å². The number of nitrogens with one attached hydrogen (secondary N) is 1. The third kappa shape index (κ3) is 5.37. The highest BCUT2D eigenvalue weighted by Crippen LogP contribution is 2.16. The van der Waals surface area contributed by atoms with E-state index in [9.17, 15) is 8.42 Å². The maximum atomic E-state index is 11.2. The number of fused-ring (bicyclic) bond motifs is 1. The van der Waals surface area contributed by atoms with Crippen molar-refractivity contribution in [3.05, 3.63) is 17.5 Å². The van der Waals surface area contributed by atoms with Crippen LogP contribution in [0.15, 0.2) is 6.07 Å². The topological polar surface area (TPSA) is 67.2 Å². The summed E-state index contributed by atoms with van der Waals surface area (Å²) in [6.45, 7) is 8.85. The SMILES string of the molecule is CCC[C@H](C)CN1CCCn2nc(CNS(C)(=O)=O)cc2C1. The monoisotopic (exact) mass is 328 g/mol. The van der Waals surface area contributed by atoms with Crippen LogP contribution in [0.25, 0.3) is 0 Å². The molecule has 0 spiro atoms. The van der Waals surface area contributed by atoms with E-state index in [0.29, 0.717) is 5.92 Å². The first kappa shape index (κ1) is 17.4. The number of hydrogen-bond donors (Lipinski definition) is 1. The Labute approximate surface area is 133 Å². The van der Waals surface area contributed by atoms with Crippen LogP contribution in [0.4, 0.5) is 0 Å². The zero-order valence-electron chi connectivity index (χ0n) is 13.9. The van der Waals surface area contributed by atoms with E-state index in [1.807, 2.05) is 10.7 Å². The summed E-state index contributed by atoms with van der Waals surface area (Å²) in [5.74, 6) is 0.714. The fourth-order valence-corrected chi connectivity index (χ4v) is 3.47. The van der Waals surface area contributed by atoms with Crippen molar-refractivity contribution in [2.24, 2.45) is 5.92 Å². The molecule has 0 radical (unpaired) electrons. The zero-order chi connectivity index (χ0) is 16.2. The molecule has 1 atom stereocenters. The maximum Gasteiger partial charge on any atom is 0.209 e.